The van der Waals surface area contributed by atoms with Gasteiger partial charge in [-0.1, -0.05) is 12.7 Å². The Hall–Kier alpha value is -2.94. The Morgan fingerprint density at radius 2 is 2.28 bits per heavy atom. The van der Waals surface area contributed by atoms with Crippen LogP contribution >= 0.6 is 15.9 Å². The third kappa shape index (κ3) is 5.01. The molecule has 1 aromatic heterocycles. The normalized spacial score (nSPS) is 10.5. The summed E-state index contributed by atoms with van der Waals surface area (Å²) in [6, 6.07) is 6.39. The van der Waals surface area contributed by atoms with Gasteiger partial charge in [0.25, 0.3) is 5.69 Å². The third-order valence-electron chi connectivity index (χ3n) is 2.95. The van der Waals surface area contributed by atoms with Crippen molar-refractivity contribution in [3.8, 4) is 11.5 Å². The molecule has 0 amide bonds. The first kappa shape index (κ1) is 18.4. The Morgan fingerprint density at radius 1 is 1.48 bits per heavy atom. The molecule has 9 heteroatoms. The van der Waals surface area contributed by atoms with E-state index < -0.39 is 4.92 Å². The number of nitrogens with one attached hydrogen (secondary N) is 1. The van der Waals surface area contributed by atoms with Crippen LogP contribution in [0.5, 0.6) is 11.5 Å². The minimum absolute atomic E-state index is 0.0849. The maximum Gasteiger partial charge on any atom is 0.287 e. The summed E-state index contributed by atoms with van der Waals surface area (Å²) in [5.74, 6) is 1.51. The molecular weight excluding hydrogens is 392 g/mol. The summed E-state index contributed by atoms with van der Waals surface area (Å²) in [7, 11) is 1.54. The molecule has 2 aromatic rings. The van der Waals surface area contributed by atoms with Crippen LogP contribution in [0.2, 0.25) is 0 Å². The standard InChI is InChI=1S/C16H15BrN4O4/c1-3-6-25-16-13(17)7-11(8-14(16)24-2)9-19-20-15-5-4-12(10-18-15)21(22)23/h3-5,7-10H,1,6H2,2H3,(H,18,20)/b19-9+. The van der Waals surface area contributed by atoms with Crippen LogP contribution in [0.15, 0.2) is 52.7 Å². The van der Waals surface area contributed by atoms with E-state index in [9.17, 15) is 10.1 Å². The lowest BCUT2D eigenvalue weighted by Crippen LogP contribution is -1.99. The van der Waals surface area contributed by atoms with Gasteiger partial charge in [0.2, 0.25) is 0 Å². The Balaban J connectivity index is 2.11. The van der Waals surface area contributed by atoms with E-state index in [1.165, 1.54) is 12.1 Å². The molecule has 0 radical (unpaired) electrons. The van der Waals surface area contributed by atoms with Gasteiger partial charge in [0.1, 0.15) is 18.6 Å². The van der Waals surface area contributed by atoms with Gasteiger partial charge in [0, 0.05) is 6.07 Å². The van der Waals surface area contributed by atoms with Gasteiger partial charge < -0.3 is 9.47 Å². The first-order valence-corrected chi connectivity index (χ1v) is 7.85. The van der Waals surface area contributed by atoms with Crippen LogP contribution in [0.4, 0.5) is 11.5 Å². The highest BCUT2D eigenvalue weighted by Gasteiger charge is 2.10. The zero-order chi connectivity index (χ0) is 18.2. The SMILES string of the molecule is C=CCOc1c(Br)cc(/C=N/Nc2ccc([N+](=O)[O-])cn2)cc1OC. The van der Waals surface area contributed by atoms with E-state index in [2.05, 4.69) is 38.0 Å². The van der Waals surface area contributed by atoms with Crippen molar-refractivity contribution in [2.24, 2.45) is 5.10 Å². The second-order valence-corrected chi connectivity index (χ2v) is 5.52. The monoisotopic (exact) mass is 406 g/mol. The van der Waals surface area contributed by atoms with Crippen molar-refractivity contribution >= 4 is 33.6 Å². The molecule has 0 aliphatic rings. The quantitative estimate of drug-likeness (QED) is 0.310. The average Bonchev–Trinajstić information content (AvgIpc) is 2.61. The number of methoxy groups -OCH3 is 1. The summed E-state index contributed by atoms with van der Waals surface area (Å²) in [4.78, 5) is 14.0. The Morgan fingerprint density at radius 3 is 2.88 bits per heavy atom. The maximum absolute atomic E-state index is 10.6. The number of benzene rings is 1. The van der Waals surface area contributed by atoms with E-state index in [1.807, 2.05) is 6.07 Å². The molecule has 0 aliphatic heterocycles. The van der Waals surface area contributed by atoms with Gasteiger partial charge in [-0.2, -0.15) is 5.10 Å². The highest BCUT2D eigenvalue weighted by Crippen LogP contribution is 2.36. The molecular formula is C16H15BrN4O4. The van der Waals surface area contributed by atoms with Crippen molar-refractivity contribution in [2.45, 2.75) is 0 Å². The molecule has 1 N–H and O–H groups in total. The van der Waals surface area contributed by atoms with Crippen molar-refractivity contribution in [1.29, 1.82) is 0 Å². The van der Waals surface area contributed by atoms with Crippen molar-refractivity contribution in [2.75, 3.05) is 19.1 Å². The van der Waals surface area contributed by atoms with Gasteiger partial charge in [0.05, 0.1) is 22.7 Å². The Labute approximate surface area is 152 Å². The molecule has 25 heavy (non-hydrogen) atoms. The Kier molecular flexibility index (Phi) is 6.47. The molecule has 0 spiro atoms. The second-order valence-electron chi connectivity index (χ2n) is 4.66. The molecule has 1 heterocycles. The number of halogens is 1. The Bertz CT molecular complexity index is 793. The summed E-state index contributed by atoms with van der Waals surface area (Å²) in [6.07, 6.45) is 4.36. The van der Waals surface area contributed by atoms with Crippen LogP contribution < -0.4 is 14.9 Å². The van der Waals surface area contributed by atoms with Gasteiger partial charge in [0.15, 0.2) is 11.5 Å². The topological polar surface area (TPSA) is 98.9 Å². The van der Waals surface area contributed by atoms with Crippen molar-refractivity contribution in [1.82, 2.24) is 4.98 Å². The lowest BCUT2D eigenvalue weighted by molar-refractivity contribution is -0.385. The van der Waals surface area contributed by atoms with Gasteiger partial charge in [-0.15, -0.1) is 0 Å². The smallest absolute Gasteiger partial charge is 0.287 e. The minimum Gasteiger partial charge on any atom is -0.493 e. The van der Waals surface area contributed by atoms with Crippen LogP contribution in [-0.2, 0) is 0 Å². The van der Waals surface area contributed by atoms with E-state index in [4.69, 9.17) is 9.47 Å². The van der Waals surface area contributed by atoms with E-state index in [0.29, 0.717) is 28.4 Å². The zero-order valence-corrected chi connectivity index (χ0v) is 14.9. The molecule has 1 aromatic carbocycles. The summed E-state index contributed by atoms with van der Waals surface area (Å²) in [6.45, 7) is 3.97. The summed E-state index contributed by atoms with van der Waals surface area (Å²) < 4.78 is 11.6. The van der Waals surface area contributed by atoms with Gasteiger partial charge >= 0.3 is 0 Å². The number of hydrogen-bond donors (Lipinski definition) is 1. The fourth-order valence-corrected chi connectivity index (χ4v) is 2.40. The number of rotatable bonds is 8. The molecule has 0 fully saturated rings. The van der Waals surface area contributed by atoms with E-state index in [-0.39, 0.29) is 5.69 Å². The molecule has 8 nitrogen and oxygen atoms in total. The molecule has 0 bridgehead atoms. The van der Waals surface area contributed by atoms with Crippen LogP contribution in [-0.4, -0.2) is 29.8 Å². The summed E-state index contributed by atoms with van der Waals surface area (Å²) >= 11 is 3.43. The van der Waals surface area contributed by atoms with Gasteiger partial charge in [-0.25, -0.2) is 4.98 Å². The largest absolute Gasteiger partial charge is 0.493 e. The maximum atomic E-state index is 10.6. The van der Waals surface area contributed by atoms with Gasteiger partial charge in [-0.3, -0.25) is 15.5 Å². The minimum atomic E-state index is -0.514. The molecule has 2 rings (SSSR count). The fourth-order valence-electron chi connectivity index (χ4n) is 1.83. The molecule has 0 atom stereocenters. The fraction of sp³-hybridized carbons (Fsp3) is 0.125. The van der Waals surface area contributed by atoms with E-state index in [0.717, 1.165) is 11.8 Å². The van der Waals surface area contributed by atoms with Crippen LogP contribution in [0.3, 0.4) is 0 Å². The molecule has 0 saturated heterocycles. The number of nitrogens with zero attached hydrogens (tertiary/aromatic N) is 3. The van der Waals surface area contributed by atoms with Crippen molar-refractivity contribution in [3.05, 3.63) is 63.3 Å². The zero-order valence-electron chi connectivity index (χ0n) is 13.3. The lowest BCUT2D eigenvalue weighted by atomic mass is 10.2. The number of hydrazone groups is 1. The highest BCUT2D eigenvalue weighted by atomic mass is 79.9. The molecule has 130 valence electrons. The first-order chi connectivity index (χ1) is 12.0. The second kappa shape index (κ2) is 8.78. The highest BCUT2D eigenvalue weighted by molar-refractivity contribution is 9.10. The average molecular weight is 407 g/mol. The first-order valence-electron chi connectivity index (χ1n) is 7.06. The van der Waals surface area contributed by atoms with Crippen LogP contribution in [0, 0.1) is 10.1 Å². The van der Waals surface area contributed by atoms with Crippen molar-refractivity contribution in [3.63, 3.8) is 0 Å². The van der Waals surface area contributed by atoms with Crippen molar-refractivity contribution < 1.29 is 14.4 Å². The summed E-state index contributed by atoms with van der Waals surface area (Å²) in [5.41, 5.74) is 3.37. The van der Waals surface area contributed by atoms with E-state index >= 15 is 0 Å². The third-order valence-corrected chi connectivity index (χ3v) is 3.54. The molecule has 0 aliphatic carbocycles. The number of aromatic nitrogens is 1. The van der Waals surface area contributed by atoms with Crippen LogP contribution in [0.1, 0.15) is 5.56 Å². The number of pyridine rings is 1. The van der Waals surface area contributed by atoms with E-state index in [1.54, 1.807) is 25.5 Å². The number of hydrogen-bond acceptors (Lipinski definition) is 7. The molecule has 0 saturated carbocycles. The predicted molar refractivity (Wildman–Crippen MR) is 98.5 cm³/mol. The lowest BCUT2D eigenvalue weighted by Gasteiger charge is -2.12. The van der Waals surface area contributed by atoms with Crippen LogP contribution in [0.25, 0.3) is 0 Å². The number of anilines is 1. The molecule has 0 unspecified atom stereocenters. The summed E-state index contributed by atoms with van der Waals surface area (Å²) in [5, 5.41) is 14.6. The predicted octanol–water partition coefficient (Wildman–Crippen LogP) is 3.77. The number of ether oxygens (including phenoxy) is 2. The number of nitro groups is 1. The van der Waals surface area contributed by atoms with Gasteiger partial charge in [-0.05, 0) is 39.7 Å².